The van der Waals surface area contributed by atoms with Gasteiger partial charge >= 0.3 is 11.9 Å². The summed E-state index contributed by atoms with van der Waals surface area (Å²) >= 11 is 0. The lowest BCUT2D eigenvalue weighted by molar-refractivity contribution is -0.384. The summed E-state index contributed by atoms with van der Waals surface area (Å²) in [5, 5.41) is 26.5. The molecule has 224 valence electrons. The highest BCUT2D eigenvalue weighted by atomic mass is 16.6. The van der Waals surface area contributed by atoms with E-state index in [1.807, 2.05) is 41.3 Å². The number of carboxylic acids is 2. The zero-order valence-electron chi connectivity index (χ0n) is 23.4. The van der Waals surface area contributed by atoms with Crippen LogP contribution in [0.3, 0.4) is 0 Å². The molecule has 0 atom stereocenters. The Kier molecular flexibility index (Phi) is 12.8. The van der Waals surface area contributed by atoms with E-state index in [0.29, 0.717) is 37.4 Å². The number of hydrogen-bond acceptors (Lipinski definition) is 7. The molecule has 0 radical (unpaired) electrons. The number of aliphatic carboxylic acids is 2. The first-order valence-corrected chi connectivity index (χ1v) is 13.5. The van der Waals surface area contributed by atoms with Crippen LogP contribution in [0, 0.1) is 10.1 Å². The van der Waals surface area contributed by atoms with Crippen LogP contribution in [0.15, 0.2) is 103 Å². The Labute approximate surface area is 249 Å². The smallest absolute Gasteiger partial charge is 0.328 e. The van der Waals surface area contributed by atoms with Crippen molar-refractivity contribution in [2.75, 3.05) is 39.3 Å². The van der Waals surface area contributed by atoms with Crippen molar-refractivity contribution in [3.8, 4) is 0 Å². The molecule has 11 nitrogen and oxygen atoms in total. The first-order chi connectivity index (χ1) is 20.7. The van der Waals surface area contributed by atoms with Crippen molar-refractivity contribution in [1.82, 2.24) is 9.80 Å². The van der Waals surface area contributed by atoms with Crippen LogP contribution in [0.25, 0.3) is 6.08 Å². The molecule has 1 heterocycles. The predicted octanol–water partition coefficient (Wildman–Crippen LogP) is 4.27. The number of carbonyl (C=O) groups is 3. The van der Waals surface area contributed by atoms with Crippen molar-refractivity contribution in [3.63, 3.8) is 0 Å². The number of hydrogen-bond donors (Lipinski definition) is 2. The Morgan fingerprint density at radius 2 is 1.37 bits per heavy atom. The Morgan fingerprint density at radius 3 is 1.88 bits per heavy atom. The van der Waals surface area contributed by atoms with E-state index in [9.17, 15) is 24.5 Å². The van der Waals surface area contributed by atoms with Gasteiger partial charge in [-0.25, -0.2) is 9.59 Å². The second-order valence-electron chi connectivity index (χ2n) is 9.43. The Bertz CT molecular complexity index is 1360. The molecular weight excluding hydrogens is 554 g/mol. The van der Waals surface area contributed by atoms with Gasteiger partial charge in [-0.2, -0.15) is 0 Å². The number of benzene rings is 3. The van der Waals surface area contributed by atoms with Crippen LogP contribution in [0.4, 0.5) is 5.69 Å². The van der Waals surface area contributed by atoms with Crippen LogP contribution in [0.1, 0.15) is 22.8 Å². The molecule has 0 spiro atoms. The maximum absolute atomic E-state index is 12.6. The number of carboxylic acid groups (broad SMARTS) is 2. The van der Waals surface area contributed by atoms with Crippen molar-refractivity contribution >= 4 is 29.6 Å². The molecule has 1 saturated heterocycles. The van der Waals surface area contributed by atoms with Gasteiger partial charge in [-0.3, -0.25) is 19.8 Å². The topological polar surface area (TPSA) is 151 Å². The first kappa shape index (κ1) is 32.4. The molecule has 1 fully saturated rings. The summed E-state index contributed by atoms with van der Waals surface area (Å²) in [6.07, 6.45) is 4.12. The van der Waals surface area contributed by atoms with Crippen LogP contribution in [-0.2, 0) is 19.1 Å². The molecule has 1 amide bonds. The summed E-state index contributed by atoms with van der Waals surface area (Å²) in [6.45, 7) is 4.22. The second-order valence-corrected chi connectivity index (χ2v) is 9.43. The summed E-state index contributed by atoms with van der Waals surface area (Å²) in [4.78, 5) is 46.3. The van der Waals surface area contributed by atoms with Crippen LogP contribution in [0.2, 0.25) is 0 Å². The summed E-state index contributed by atoms with van der Waals surface area (Å²) in [5.74, 6) is -2.60. The average Bonchev–Trinajstić information content (AvgIpc) is 3.02. The molecule has 0 saturated carbocycles. The molecule has 43 heavy (non-hydrogen) atoms. The number of nitrogens with zero attached hydrogens (tertiary/aromatic N) is 3. The van der Waals surface area contributed by atoms with Gasteiger partial charge in [0.15, 0.2) is 0 Å². The lowest BCUT2D eigenvalue weighted by Crippen LogP contribution is -2.49. The maximum atomic E-state index is 12.6. The molecule has 3 aromatic carbocycles. The third-order valence-electron chi connectivity index (χ3n) is 6.45. The minimum absolute atomic E-state index is 0.0113. The van der Waals surface area contributed by atoms with Crippen molar-refractivity contribution in [2.24, 2.45) is 0 Å². The van der Waals surface area contributed by atoms with Crippen LogP contribution < -0.4 is 0 Å². The quantitative estimate of drug-likeness (QED) is 0.190. The number of non-ortho nitro benzene ring substituents is 1. The van der Waals surface area contributed by atoms with E-state index in [4.69, 9.17) is 14.9 Å². The van der Waals surface area contributed by atoms with Gasteiger partial charge in [-0.1, -0.05) is 72.8 Å². The van der Waals surface area contributed by atoms with Gasteiger partial charge in [-0.05, 0) is 22.8 Å². The summed E-state index contributed by atoms with van der Waals surface area (Å²) < 4.78 is 6.32. The summed E-state index contributed by atoms with van der Waals surface area (Å²) in [7, 11) is 0. The van der Waals surface area contributed by atoms with E-state index < -0.39 is 16.9 Å². The number of rotatable bonds is 11. The van der Waals surface area contributed by atoms with Gasteiger partial charge in [0.05, 0.1) is 11.5 Å². The van der Waals surface area contributed by atoms with E-state index in [2.05, 4.69) is 29.2 Å². The van der Waals surface area contributed by atoms with Crippen molar-refractivity contribution in [3.05, 3.63) is 130 Å². The van der Waals surface area contributed by atoms with Gasteiger partial charge < -0.3 is 19.8 Å². The van der Waals surface area contributed by atoms with E-state index in [-0.39, 0.29) is 17.7 Å². The van der Waals surface area contributed by atoms with Crippen molar-refractivity contribution < 1.29 is 34.3 Å². The van der Waals surface area contributed by atoms with E-state index in [1.165, 1.54) is 18.2 Å². The monoisotopic (exact) mass is 587 g/mol. The fourth-order valence-corrected chi connectivity index (χ4v) is 4.29. The largest absolute Gasteiger partial charge is 0.478 e. The highest BCUT2D eigenvalue weighted by molar-refractivity contribution is 5.92. The maximum Gasteiger partial charge on any atom is 0.328 e. The number of nitro benzene ring substituents is 1. The minimum atomic E-state index is -1.26. The molecule has 0 aliphatic carbocycles. The normalized spacial score (nSPS) is 13.6. The number of nitro groups is 1. The van der Waals surface area contributed by atoms with Crippen LogP contribution >= 0.6 is 0 Å². The molecular formula is C32H33N3O8. The number of amides is 1. The minimum Gasteiger partial charge on any atom is -0.478 e. The van der Waals surface area contributed by atoms with Gasteiger partial charge in [-0.15, -0.1) is 0 Å². The Morgan fingerprint density at radius 1 is 0.814 bits per heavy atom. The Balaban J connectivity index is 0.000000557. The molecule has 1 aliphatic heterocycles. The highest BCUT2D eigenvalue weighted by Gasteiger charge is 2.20. The number of carbonyl (C=O) groups excluding carboxylic acids is 1. The molecule has 2 N–H and O–H groups in total. The number of piperazine rings is 1. The van der Waals surface area contributed by atoms with Crippen LogP contribution in [0.5, 0.6) is 0 Å². The molecule has 3 aromatic rings. The third kappa shape index (κ3) is 11.3. The fraction of sp³-hybridized carbons (Fsp3) is 0.219. The molecule has 4 rings (SSSR count). The van der Waals surface area contributed by atoms with Crippen molar-refractivity contribution in [1.29, 1.82) is 0 Å². The lowest BCUT2D eigenvalue weighted by Gasteiger charge is -2.34. The fourth-order valence-electron chi connectivity index (χ4n) is 4.29. The van der Waals surface area contributed by atoms with Crippen LogP contribution in [-0.4, -0.2) is 82.1 Å². The van der Waals surface area contributed by atoms with Crippen molar-refractivity contribution in [2.45, 2.75) is 6.10 Å². The summed E-state index contributed by atoms with van der Waals surface area (Å²) in [5.41, 5.74) is 2.90. The van der Waals surface area contributed by atoms with Gasteiger partial charge in [0.25, 0.3) is 5.69 Å². The molecule has 0 bridgehead atoms. The summed E-state index contributed by atoms with van der Waals surface area (Å²) in [6, 6.07) is 26.7. The van der Waals surface area contributed by atoms with E-state index >= 15 is 0 Å². The SMILES string of the molecule is O=C(/C=C/c1cccc([N+](=O)[O-])c1)N1CCN(CCOC(c2ccccc2)c2ccccc2)CC1.O=C(O)/C=C\C(=O)O. The molecule has 11 heteroatoms. The Hall–Kier alpha value is -5.13. The van der Waals surface area contributed by atoms with E-state index in [1.54, 1.807) is 18.2 Å². The van der Waals surface area contributed by atoms with E-state index in [0.717, 1.165) is 30.8 Å². The lowest BCUT2D eigenvalue weighted by atomic mass is 10.0. The average molecular weight is 588 g/mol. The first-order valence-electron chi connectivity index (χ1n) is 13.5. The predicted molar refractivity (Wildman–Crippen MR) is 160 cm³/mol. The zero-order valence-corrected chi connectivity index (χ0v) is 23.4. The zero-order chi connectivity index (χ0) is 31.0. The standard InChI is InChI=1S/C28H29N3O4.C4H4O4/c32-27(15-14-23-8-7-13-26(22-23)31(33)34)30-18-16-29(17-19-30)20-21-35-28(24-9-3-1-4-10-24)25-11-5-2-6-12-25;5-3(6)1-2-4(7)8/h1-15,22,28H,16-21H2;1-2H,(H,5,6)(H,7,8)/b15-14+;2-1-. The highest BCUT2D eigenvalue weighted by Crippen LogP contribution is 2.25. The van der Waals surface area contributed by atoms with Gasteiger partial charge in [0, 0.05) is 63.1 Å². The molecule has 1 aliphatic rings. The third-order valence-corrected chi connectivity index (χ3v) is 6.45. The van der Waals surface area contributed by atoms with Gasteiger partial charge in [0.2, 0.25) is 5.91 Å². The van der Waals surface area contributed by atoms with Gasteiger partial charge in [0.1, 0.15) is 6.10 Å². The molecule has 0 aromatic heterocycles. The number of ether oxygens (including phenoxy) is 1. The molecule has 0 unspecified atom stereocenters. The second kappa shape index (κ2) is 17.0.